The molecule has 0 saturated heterocycles. The third kappa shape index (κ3) is 5.56. The smallest absolute Gasteiger partial charge is 0.119 e. The monoisotopic (exact) mass is 279 g/mol. The Kier molecular flexibility index (Phi) is 7.42. The lowest BCUT2D eigenvalue weighted by molar-refractivity contribution is 0.346. The summed E-state index contributed by atoms with van der Waals surface area (Å²) in [7, 11) is 3.76. The topological polar surface area (TPSA) is 32.7 Å². The highest BCUT2D eigenvalue weighted by Crippen LogP contribution is 2.18. The minimum atomic E-state index is -0.117. The maximum Gasteiger partial charge on any atom is 0.119 e. The summed E-state index contributed by atoms with van der Waals surface area (Å²) >= 11 is 1.84. The van der Waals surface area contributed by atoms with Gasteiger partial charge < -0.3 is 14.7 Å². The van der Waals surface area contributed by atoms with Gasteiger partial charge in [0.15, 0.2) is 0 Å². The zero-order valence-corrected chi connectivity index (χ0v) is 12.6. The third-order valence-electron chi connectivity index (χ3n) is 2.73. The first kappa shape index (κ1) is 15.9. The number of thioether (sulfide) groups is 1. The molecule has 1 aromatic rings. The van der Waals surface area contributed by atoms with E-state index in [2.05, 4.69) is 30.0 Å². The molecule has 3 nitrogen and oxygen atoms in total. The Morgan fingerprint density at radius 3 is 2.84 bits per heavy atom. The van der Waals surface area contributed by atoms with Gasteiger partial charge in [-0.05, 0) is 37.1 Å². The molecule has 0 fully saturated rings. The number of hydrogen-bond donors (Lipinski definition) is 1. The van der Waals surface area contributed by atoms with Crippen LogP contribution in [0.5, 0.6) is 5.75 Å². The van der Waals surface area contributed by atoms with Crippen LogP contribution in [0.25, 0.3) is 0 Å². The molecular weight excluding hydrogens is 258 g/mol. The third-order valence-corrected chi connectivity index (χ3v) is 3.32. The van der Waals surface area contributed by atoms with Gasteiger partial charge in [0.05, 0.1) is 7.11 Å². The first-order valence-electron chi connectivity index (χ1n) is 6.15. The van der Waals surface area contributed by atoms with Gasteiger partial charge in [0.1, 0.15) is 12.4 Å². The van der Waals surface area contributed by atoms with Crippen LogP contribution in [0.2, 0.25) is 0 Å². The van der Waals surface area contributed by atoms with Gasteiger partial charge in [-0.25, -0.2) is 0 Å². The number of hydrogen-bond acceptors (Lipinski definition) is 4. The van der Waals surface area contributed by atoms with Gasteiger partial charge in [-0.15, -0.1) is 0 Å². The van der Waals surface area contributed by atoms with E-state index in [0.717, 1.165) is 35.7 Å². The second-order valence-corrected chi connectivity index (χ2v) is 5.20. The molecule has 0 amide bonds. The van der Waals surface area contributed by atoms with Crippen LogP contribution in [0, 0.1) is 11.8 Å². The SMILES string of the molecule is COc1ccc(C#CCO)c(CN(C)CCSC)c1. The van der Waals surface area contributed by atoms with Gasteiger partial charge in [-0.1, -0.05) is 11.8 Å². The highest BCUT2D eigenvalue weighted by molar-refractivity contribution is 7.98. The summed E-state index contributed by atoms with van der Waals surface area (Å²) in [5, 5.41) is 8.81. The van der Waals surface area contributed by atoms with E-state index < -0.39 is 0 Å². The number of nitrogens with zero attached hydrogens (tertiary/aromatic N) is 1. The minimum absolute atomic E-state index is 0.117. The lowest BCUT2D eigenvalue weighted by Crippen LogP contribution is -2.21. The van der Waals surface area contributed by atoms with Gasteiger partial charge in [0.2, 0.25) is 0 Å². The zero-order chi connectivity index (χ0) is 14.1. The molecule has 104 valence electrons. The van der Waals surface area contributed by atoms with E-state index in [9.17, 15) is 0 Å². The highest BCUT2D eigenvalue weighted by atomic mass is 32.2. The van der Waals surface area contributed by atoms with E-state index in [4.69, 9.17) is 9.84 Å². The summed E-state index contributed by atoms with van der Waals surface area (Å²) in [4.78, 5) is 2.26. The number of aliphatic hydroxyl groups is 1. The lowest BCUT2D eigenvalue weighted by Gasteiger charge is -2.17. The van der Waals surface area contributed by atoms with Crippen LogP contribution in [-0.4, -0.2) is 49.3 Å². The van der Waals surface area contributed by atoms with Crippen molar-refractivity contribution in [1.29, 1.82) is 0 Å². The molecule has 0 unspecified atom stereocenters. The average Bonchev–Trinajstić information content (AvgIpc) is 2.43. The minimum Gasteiger partial charge on any atom is -0.497 e. The molecule has 0 spiro atoms. The number of rotatable bonds is 6. The summed E-state index contributed by atoms with van der Waals surface area (Å²) in [5.41, 5.74) is 2.08. The fraction of sp³-hybridized carbons (Fsp3) is 0.467. The molecule has 0 atom stereocenters. The predicted molar refractivity (Wildman–Crippen MR) is 81.7 cm³/mol. The molecule has 1 aromatic carbocycles. The summed E-state index contributed by atoms with van der Waals surface area (Å²) in [6, 6.07) is 5.85. The van der Waals surface area contributed by atoms with Crippen LogP contribution in [0.15, 0.2) is 18.2 Å². The normalized spacial score (nSPS) is 10.2. The van der Waals surface area contributed by atoms with Crippen LogP contribution in [0.1, 0.15) is 11.1 Å². The predicted octanol–water partition coefficient (Wildman–Crippen LogP) is 1.83. The van der Waals surface area contributed by atoms with Crippen LogP contribution < -0.4 is 4.74 Å². The molecule has 0 bridgehead atoms. The molecular formula is C15H21NO2S. The summed E-state index contributed by atoms with van der Waals surface area (Å²) in [6.07, 6.45) is 2.11. The van der Waals surface area contributed by atoms with Crippen molar-refractivity contribution in [2.45, 2.75) is 6.54 Å². The first-order valence-corrected chi connectivity index (χ1v) is 7.54. The van der Waals surface area contributed by atoms with Crippen LogP contribution >= 0.6 is 11.8 Å². The second-order valence-electron chi connectivity index (χ2n) is 4.21. The van der Waals surface area contributed by atoms with Crippen LogP contribution in [-0.2, 0) is 6.54 Å². The van der Waals surface area contributed by atoms with Gasteiger partial charge in [0.25, 0.3) is 0 Å². The first-order chi connectivity index (χ1) is 9.21. The largest absolute Gasteiger partial charge is 0.497 e. The Morgan fingerprint density at radius 2 is 2.21 bits per heavy atom. The van der Waals surface area contributed by atoms with E-state index in [0.29, 0.717) is 0 Å². The number of methoxy groups -OCH3 is 1. The van der Waals surface area contributed by atoms with Crippen LogP contribution in [0.3, 0.4) is 0 Å². The Bertz CT molecular complexity index is 451. The van der Waals surface area contributed by atoms with Gasteiger partial charge in [-0.2, -0.15) is 11.8 Å². The lowest BCUT2D eigenvalue weighted by atomic mass is 10.1. The number of ether oxygens (including phenoxy) is 1. The highest BCUT2D eigenvalue weighted by Gasteiger charge is 2.06. The van der Waals surface area contributed by atoms with Crippen molar-refractivity contribution in [3.63, 3.8) is 0 Å². The van der Waals surface area contributed by atoms with Gasteiger partial charge in [0, 0.05) is 24.4 Å². The van der Waals surface area contributed by atoms with Crippen molar-refractivity contribution in [3.8, 4) is 17.6 Å². The molecule has 0 heterocycles. The molecule has 0 aliphatic heterocycles. The summed E-state index contributed by atoms with van der Waals surface area (Å²) in [5.74, 6) is 7.63. The quantitative estimate of drug-likeness (QED) is 0.805. The molecule has 0 aliphatic carbocycles. The fourth-order valence-corrected chi connectivity index (χ4v) is 2.20. The zero-order valence-electron chi connectivity index (χ0n) is 11.8. The maximum absolute atomic E-state index is 8.81. The Balaban J connectivity index is 2.87. The van der Waals surface area contributed by atoms with Gasteiger partial charge in [-0.3, -0.25) is 0 Å². The Morgan fingerprint density at radius 1 is 1.42 bits per heavy atom. The van der Waals surface area contributed by atoms with Crippen molar-refractivity contribution >= 4 is 11.8 Å². The maximum atomic E-state index is 8.81. The summed E-state index contributed by atoms with van der Waals surface area (Å²) in [6.45, 7) is 1.74. The molecule has 0 aromatic heterocycles. The van der Waals surface area contributed by atoms with E-state index >= 15 is 0 Å². The molecule has 4 heteroatoms. The van der Waals surface area contributed by atoms with Crippen molar-refractivity contribution < 1.29 is 9.84 Å². The average molecular weight is 279 g/mol. The second kappa shape index (κ2) is 8.87. The van der Waals surface area contributed by atoms with Gasteiger partial charge >= 0.3 is 0 Å². The summed E-state index contributed by atoms with van der Waals surface area (Å²) < 4.78 is 5.26. The van der Waals surface area contributed by atoms with Crippen molar-refractivity contribution in [2.75, 3.05) is 39.3 Å². The van der Waals surface area contributed by atoms with Crippen LogP contribution in [0.4, 0.5) is 0 Å². The molecule has 19 heavy (non-hydrogen) atoms. The molecule has 0 aliphatic rings. The molecule has 0 saturated carbocycles. The van der Waals surface area contributed by atoms with E-state index in [-0.39, 0.29) is 6.61 Å². The molecule has 1 rings (SSSR count). The fourth-order valence-electron chi connectivity index (χ4n) is 1.70. The van der Waals surface area contributed by atoms with Crippen molar-refractivity contribution in [3.05, 3.63) is 29.3 Å². The Hall–Kier alpha value is -1.15. The van der Waals surface area contributed by atoms with E-state index in [1.54, 1.807) is 7.11 Å². The van der Waals surface area contributed by atoms with Crippen molar-refractivity contribution in [2.24, 2.45) is 0 Å². The molecule has 0 radical (unpaired) electrons. The standard InChI is InChI=1S/C15H21NO2S/c1-16(8-10-19-3)12-14-11-15(18-2)7-6-13(14)5-4-9-17/h6-7,11,17H,8-10,12H2,1-3H3. The Labute approximate surface area is 120 Å². The van der Waals surface area contributed by atoms with Crippen molar-refractivity contribution in [1.82, 2.24) is 4.90 Å². The van der Waals surface area contributed by atoms with E-state index in [1.165, 1.54) is 0 Å². The van der Waals surface area contributed by atoms with E-state index in [1.807, 2.05) is 30.0 Å². The molecule has 1 N–H and O–H groups in total. The number of benzene rings is 1. The number of aliphatic hydroxyl groups excluding tert-OH is 1.